The maximum absolute atomic E-state index is 12.1. The molecule has 0 aliphatic rings. The molecule has 0 saturated heterocycles. The summed E-state index contributed by atoms with van der Waals surface area (Å²) in [4.78, 5) is 10.9. The van der Waals surface area contributed by atoms with Gasteiger partial charge in [0, 0.05) is 6.42 Å². The van der Waals surface area contributed by atoms with Crippen molar-refractivity contribution in [2.75, 3.05) is 0 Å². The highest BCUT2D eigenvalue weighted by Crippen LogP contribution is 2.31. The first-order valence-corrected chi connectivity index (χ1v) is 4.89. The Kier molecular flexibility index (Phi) is 3.41. The quantitative estimate of drug-likeness (QED) is 0.776. The molecule has 0 N–H and O–H groups in total. The molecule has 0 radical (unpaired) electrons. The van der Waals surface area contributed by atoms with E-state index in [1.54, 1.807) is 44.2 Å². The van der Waals surface area contributed by atoms with Crippen molar-refractivity contribution >= 4 is 5.78 Å². The van der Waals surface area contributed by atoms with Crippen LogP contribution < -0.4 is 0 Å². The normalized spacial score (nSPS) is 12.6. The molecule has 0 aromatic heterocycles. The van der Waals surface area contributed by atoms with E-state index in [9.17, 15) is 18.0 Å². The largest absolute Gasteiger partial charge is 0.450 e. The number of hydrogen-bond donors (Lipinski definition) is 0. The van der Waals surface area contributed by atoms with Gasteiger partial charge in [0.2, 0.25) is 5.78 Å². The standard InChI is InChI=1S/C12H13F3O/c1-11(2,8-10(16)12(13,14)15)9-6-4-3-5-7-9/h3-7H,8H2,1-2H3. The molecule has 0 bridgehead atoms. The molecular weight excluding hydrogens is 217 g/mol. The lowest BCUT2D eigenvalue weighted by atomic mass is 9.80. The monoisotopic (exact) mass is 230 g/mol. The first-order valence-electron chi connectivity index (χ1n) is 4.89. The van der Waals surface area contributed by atoms with Crippen molar-refractivity contribution in [2.24, 2.45) is 0 Å². The minimum atomic E-state index is -4.74. The third kappa shape index (κ3) is 3.08. The second-order valence-electron chi connectivity index (χ2n) is 4.35. The first-order chi connectivity index (χ1) is 7.23. The third-order valence-corrected chi connectivity index (χ3v) is 2.47. The molecule has 1 nitrogen and oxygen atoms in total. The summed E-state index contributed by atoms with van der Waals surface area (Å²) in [6.07, 6.45) is -5.27. The molecule has 0 heterocycles. The van der Waals surface area contributed by atoms with Crippen LogP contribution in [0.5, 0.6) is 0 Å². The average Bonchev–Trinajstić information content (AvgIpc) is 2.17. The Labute approximate surface area is 92.3 Å². The van der Waals surface area contributed by atoms with Crippen molar-refractivity contribution in [3.8, 4) is 0 Å². The maximum atomic E-state index is 12.1. The molecular formula is C12H13F3O. The third-order valence-electron chi connectivity index (χ3n) is 2.47. The van der Waals surface area contributed by atoms with Crippen LogP contribution in [0.25, 0.3) is 0 Å². The Morgan fingerprint density at radius 3 is 2.06 bits per heavy atom. The number of rotatable bonds is 3. The van der Waals surface area contributed by atoms with E-state index in [1.165, 1.54) is 0 Å². The Morgan fingerprint density at radius 1 is 1.12 bits per heavy atom. The Bertz CT molecular complexity index is 366. The molecule has 1 aromatic rings. The van der Waals surface area contributed by atoms with E-state index >= 15 is 0 Å². The highest BCUT2D eigenvalue weighted by atomic mass is 19.4. The summed E-state index contributed by atoms with van der Waals surface area (Å²) >= 11 is 0. The van der Waals surface area contributed by atoms with Crippen molar-refractivity contribution < 1.29 is 18.0 Å². The van der Waals surface area contributed by atoms with Crippen LogP contribution in [-0.4, -0.2) is 12.0 Å². The number of benzene rings is 1. The van der Waals surface area contributed by atoms with Gasteiger partial charge < -0.3 is 0 Å². The summed E-state index contributed by atoms with van der Waals surface area (Å²) in [5, 5.41) is 0. The summed E-state index contributed by atoms with van der Waals surface area (Å²) in [7, 11) is 0. The minimum absolute atomic E-state index is 0.527. The van der Waals surface area contributed by atoms with Gasteiger partial charge in [0.25, 0.3) is 0 Å². The number of carbonyl (C=O) groups excluding carboxylic acids is 1. The molecule has 16 heavy (non-hydrogen) atoms. The van der Waals surface area contributed by atoms with Gasteiger partial charge >= 0.3 is 6.18 Å². The number of halogens is 3. The maximum Gasteiger partial charge on any atom is 0.450 e. The summed E-state index contributed by atoms with van der Waals surface area (Å²) in [5.74, 6) is -1.68. The molecule has 1 rings (SSSR count). The molecule has 0 amide bonds. The second kappa shape index (κ2) is 4.28. The van der Waals surface area contributed by atoms with Gasteiger partial charge in [-0.15, -0.1) is 0 Å². The topological polar surface area (TPSA) is 17.1 Å². The summed E-state index contributed by atoms with van der Waals surface area (Å²) < 4.78 is 36.4. The van der Waals surface area contributed by atoms with Crippen LogP contribution in [0.1, 0.15) is 25.8 Å². The van der Waals surface area contributed by atoms with Crippen molar-refractivity contribution in [3.05, 3.63) is 35.9 Å². The van der Waals surface area contributed by atoms with Crippen molar-refractivity contribution in [1.29, 1.82) is 0 Å². The first kappa shape index (κ1) is 12.7. The fourth-order valence-corrected chi connectivity index (χ4v) is 1.49. The Hall–Kier alpha value is -1.32. The predicted octanol–water partition coefficient (Wildman–Crippen LogP) is 3.49. The van der Waals surface area contributed by atoms with Gasteiger partial charge in [-0.3, -0.25) is 4.79 Å². The molecule has 1 aromatic carbocycles. The lowest BCUT2D eigenvalue weighted by molar-refractivity contribution is -0.172. The van der Waals surface area contributed by atoms with E-state index in [1.807, 2.05) is 0 Å². The zero-order valence-corrected chi connectivity index (χ0v) is 9.14. The molecule has 0 aliphatic carbocycles. The number of ketones is 1. The van der Waals surface area contributed by atoms with E-state index in [0.717, 1.165) is 5.56 Å². The van der Waals surface area contributed by atoms with Crippen molar-refractivity contribution in [2.45, 2.75) is 31.9 Å². The van der Waals surface area contributed by atoms with E-state index < -0.39 is 23.8 Å². The molecule has 0 unspecified atom stereocenters. The van der Waals surface area contributed by atoms with E-state index in [4.69, 9.17) is 0 Å². The van der Waals surface area contributed by atoms with Crippen LogP contribution in [0.3, 0.4) is 0 Å². The smallest absolute Gasteiger partial charge is 0.290 e. The highest BCUT2D eigenvalue weighted by molar-refractivity contribution is 5.85. The Morgan fingerprint density at radius 2 is 1.62 bits per heavy atom. The minimum Gasteiger partial charge on any atom is -0.290 e. The highest BCUT2D eigenvalue weighted by Gasteiger charge is 2.41. The number of alkyl halides is 3. The van der Waals surface area contributed by atoms with Crippen LogP contribution in [0.4, 0.5) is 13.2 Å². The van der Waals surface area contributed by atoms with Crippen LogP contribution in [0, 0.1) is 0 Å². The van der Waals surface area contributed by atoms with Gasteiger partial charge in [-0.2, -0.15) is 13.2 Å². The summed E-state index contributed by atoms with van der Waals surface area (Å²) in [6.45, 7) is 3.26. The fourth-order valence-electron chi connectivity index (χ4n) is 1.49. The average molecular weight is 230 g/mol. The zero-order chi connectivity index (χ0) is 12.4. The van der Waals surface area contributed by atoms with Crippen LogP contribution in [-0.2, 0) is 10.2 Å². The van der Waals surface area contributed by atoms with Gasteiger partial charge in [0.15, 0.2) is 0 Å². The lowest BCUT2D eigenvalue weighted by Gasteiger charge is -2.24. The molecule has 0 aliphatic heterocycles. The lowest BCUT2D eigenvalue weighted by Crippen LogP contribution is -2.30. The molecule has 0 spiro atoms. The van der Waals surface area contributed by atoms with Crippen LogP contribution in [0.15, 0.2) is 30.3 Å². The van der Waals surface area contributed by atoms with E-state index in [2.05, 4.69) is 0 Å². The van der Waals surface area contributed by atoms with Gasteiger partial charge in [-0.05, 0) is 11.0 Å². The zero-order valence-electron chi connectivity index (χ0n) is 9.14. The van der Waals surface area contributed by atoms with Crippen molar-refractivity contribution in [3.63, 3.8) is 0 Å². The second-order valence-corrected chi connectivity index (χ2v) is 4.35. The Balaban J connectivity index is 2.85. The summed E-state index contributed by atoms with van der Waals surface area (Å²) in [6, 6.07) is 8.72. The summed E-state index contributed by atoms with van der Waals surface area (Å²) in [5.41, 5.74) is -0.0685. The molecule has 0 fully saturated rings. The van der Waals surface area contributed by atoms with Gasteiger partial charge in [0.05, 0.1) is 0 Å². The number of hydrogen-bond acceptors (Lipinski definition) is 1. The molecule has 0 saturated carbocycles. The molecule has 88 valence electrons. The van der Waals surface area contributed by atoms with Gasteiger partial charge in [-0.25, -0.2) is 0 Å². The van der Waals surface area contributed by atoms with Crippen LogP contribution in [0.2, 0.25) is 0 Å². The number of carbonyl (C=O) groups is 1. The van der Waals surface area contributed by atoms with E-state index in [-0.39, 0.29) is 0 Å². The molecule has 4 heteroatoms. The molecule has 0 atom stereocenters. The van der Waals surface area contributed by atoms with Crippen molar-refractivity contribution in [1.82, 2.24) is 0 Å². The fraction of sp³-hybridized carbons (Fsp3) is 0.417. The SMILES string of the molecule is CC(C)(CC(=O)C(F)(F)F)c1ccccc1. The predicted molar refractivity (Wildman–Crippen MR) is 55.1 cm³/mol. The van der Waals surface area contributed by atoms with Gasteiger partial charge in [-0.1, -0.05) is 44.2 Å². The van der Waals surface area contributed by atoms with Gasteiger partial charge in [0.1, 0.15) is 0 Å². The number of Topliss-reactive ketones (excluding diaryl/α,β-unsaturated/α-hetero) is 1. The van der Waals surface area contributed by atoms with Crippen LogP contribution >= 0.6 is 0 Å². The van der Waals surface area contributed by atoms with E-state index in [0.29, 0.717) is 0 Å².